The van der Waals surface area contributed by atoms with Crippen LogP contribution in [-0.2, 0) is 19.1 Å². The van der Waals surface area contributed by atoms with Gasteiger partial charge < -0.3 is 19.7 Å². The largest absolute Gasteiger partial charge is 0.514 e. The predicted molar refractivity (Wildman–Crippen MR) is 83.7 cm³/mol. The van der Waals surface area contributed by atoms with Crippen molar-refractivity contribution in [1.29, 1.82) is 0 Å². The molecule has 0 aromatic rings. The average molecular weight is 331 g/mol. The summed E-state index contributed by atoms with van der Waals surface area (Å²) in [5.74, 6) is -0.656. The van der Waals surface area contributed by atoms with Gasteiger partial charge in [-0.05, 0) is 25.5 Å². The topological polar surface area (TPSA) is 97.3 Å². The third-order valence-electron chi connectivity index (χ3n) is 4.14. The minimum absolute atomic E-state index is 0.116. The van der Waals surface area contributed by atoms with Crippen LogP contribution in [0.15, 0.2) is 40.4 Å². The molecule has 1 spiro atoms. The van der Waals surface area contributed by atoms with Crippen LogP contribution >= 0.6 is 0 Å². The molecule has 1 amide bonds. The van der Waals surface area contributed by atoms with Gasteiger partial charge in [0.1, 0.15) is 5.84 Å². The van der Waals surface area contributed by atoms with Crippen LogP contribution in [0.25, 0.3) is 0 Å². The number of ether oxygens (including phenoxy) is 2. The molecule has 1 atom stereocenters. The Morgan fingerprint density at radius 3 is 2.88 bits per heavy atom. The van der Waals surface area contributed by atoms with Crippen molar-refractivity contribution in [3.63, 3.8) is 0 Å². The number of hydrogen-bond acceptors (Lipinski definition) is 7. The first-order valence-corrected chi connectivity index (χ1v) is 7.54. The Bertz CT molecular complexity index is 762. The standard InChI is InChI=1S/C16H17N3O5/c1-4-23-15(22)24-11-10(20)8-16(12(11)17-3)14(21)18-13-9(2)6-5-7-19(13)16/h5-7,17H,4,8H2,1-3H3. The smallest absolute Gasteiger partial charge is 0.434 e. The zero-order valence-corrected chi connectivity index (χ0v) is 13.6. The lowest BCUT2D eigenvalue weighted by Gasteiger charge is -2.35. The van der Waals surface area contributed by atoms with Gasteiger partial charge in [0.15, 0.2) is 11.3 Å². The number of ketones is 1. The molecular weight excluding hydrogens is 314 g/mol. The van der Waals surface area contributed by atoms with E-state index >= 15 is 0 Å². The van der Waals surface area contributed by atoms with Crippen LogP contribution in [0.5, 0.6) is 0 Å². The zero-order chi connectivity index (χ0) is 17.5. The highest BCUT2D eigenvalue weighted by atomic mass is 16.7. The van der Waals surface area contributed by atoms with E-state index in [1.165, 1.54) is 0 Å². The molecule has 0 radical (unpaired) electrons. The minimum atomic E-state index is -1.34. The number of fused-ring (bicyclic) bond motifs is 2. The van der Waals surface area contributed by atoms with Gasteiger partial charge >= 0.3 is 6.16 Å². The fraction of sp³-hybridized carbons (Fsp3) is 0.375. The molecule has 3 rings (SSSR count). The van der Waals surface area contributed by atoms with E-state index in [1.807, 2.05) is 13.0 Å². The first kappa shape index (κ1) is 16.0. The van der Waals surface area contributed by atoms with E-state index in [0.29, 0.717) is 5.84 Å². The van der Waals surface area contributed by atoms with Crippen LogP contribution in [0.3, 0.4) is 0 Å². The van der Waals surface area contributed by atoms with Crippen LogP contribution in [0.1, 0.15) is 20.3 Å². The Balaban J connectivity index is 2.06. The molecule has 2 heterocycles. The van der Waals surface area contributed by atoms with Crippen molar-refractivity contribution < 1.29 is 23.9 Å². The van der Waals surface area contributed by atoms with E-state index in [9.17, 15) is 14.4 Å². The summed E-state index contributed by atoms with van der Waals surface area (Å²) >= 11 is 0. The monoisotopic (exact) mass is 331 g/mol. The third kappa shape index (κ3) is 2.06. The van der Waals surface area contributed by atoms with Crippen LogP contribution in [0, 0.1) is 0 Å². The lowest BCUT2D eigenvalue weighted by molar-refractivity contribution is -0.126. The first-order chi connectivity index (χ1) is 11.5. The Kier molecular flexibility index (Phi) is 3.75. The minimum Gasteiger partial charge on any atom is -0.434 e. The maximum atomic E-state index is 12.7. The van der Waals surface area contributed by atoms with Gasteiger partial charge in [-0.25, -0.2) is 4.79 Å². The molecule has 0 saturated heterocycles. The molecule has 3 aliphatic rings. The van der Waals surface area contributed by atoms with Crippen molar-refractivity contribution in [2.45, 2.75) is 25.8 Å². The summed E-state index contributed by atoms with van der Waals surface area (Å²) in [5, 5.41) is 2.84. The van der Waals surface area contributed by atoms with Gasteiger partial charge in [-0.1, -0.05) is 6.08 Å². The van der Waals surface area contributed by atoms with E-state index in [-0.39, 0.29) is 24.5 Å². The molecule has 0 saturated carbocycles. The van der Waals surface area contributed by atoms with Gasteiger partial charge in [-0.3, -0.25) is 9.59 Å². The first-order valence-electron chi connectivity index (χ1n) is 7.54. The Morgan fingerprint density at radius 1 is 1.46 bits per heavy atom. The Labute approximate surface area is 138 Å². The van der Waals surface area contributed by atoms with Crippen molar-refractivity contribution in [3.05, 3.63) is 35.4 Å². The van der Waals surface area contributed by atoms with Crippen LogP contribution in [-0.4, -0.2) is 47.8 Å². The summed E-state index contributed by atoms with van der Waals surface area (Å²) in [6.07, 6.45) is 4.15. The fourth-order valence-corrected chi connectivity index (χ4v) is 3.13. The summed E-state index contributed by atoms with van der Waals surface area (Å²) in [6, 6.07) is 0. The molecule has 2 aliphatic heterocycles. The average Bonchev–Trinajstić information content (AvgIpc) is 2.97. The second-order valence-corrected chi connectivity index (χ2v) is 5.50. The highest BCUT2D eigenvalue weighted by Crippen LogP contribution is 2.43. The number of carbonyl (C=O) groups is 3. The molecule has 0 bridgehead atoms. The number of Topliss-reactive ketones (excluding diaryl/α,β-unsaturated/α-hetero) is 1. The van der Waals surface area contributed by atoms with E-state index in [1.54, 1.807) is 31.1 Å². The fourth-order valence-electron chi connectivity index (χ4n) is 3.13. The molecule has 8 heteroatoms. The molecule has 24 heavy (non-hydrogen) atoms. The molecule has 8 nitrogen and oxygen atoms in total. The molecule has 0 aromatic heterocycles. The van der Waals surface area contributed by atoms with Crippen LogP contribution < -0.4 is 5.32 Å². The summed E-state index contributed by atoms with van der Waals surface area (Å²) < 4.78 is 9.77. The summed E-state index contributed by atoms with van der Waals surface area (Å²) in [5.41, 5.74) is -0.316. The highest BCUT2D eigenvalue weighted by Gasteiger charge is 2.60. The van der Waals surface area contributed by atoms with E-state index in [2.05, 4.69) is 10.3 Å². The lowest BCUT2D eigenvalue weighted by Crippen LogP contribution is -2.52. The number of likely N-dealkylation sites (N-methyl/N-ethyl adjacent to an activating group) is 1. The van der Waals surface area contributed by atoms with Gasteiger partial charge in [-0.15, -0.1) is 0 Å². The van der Waals surface area contributed by atoms with Crippen molar-refractivity contribution >= 4 is 23.7 Å². The van der Waals surface area contributed by atoms with Gasteiger partial charge in [0, 0.05) is 13.2 Å². The van der Waals surface area contributed by atoms with Crippen molar-refractivity contribution in [2.75, 3.05) is 13.7 Å². The molecular formula is C16H17N3O5. The number of amides is 1. The van der Waals surface area contributed by atoms with Crippen molar-refractivity contribution in [2.24, 2.45) is 4.99 Å². The van der Waals surface area contributed by atoms with Crippen LogP contribution in [0.4, 0.5) is 4.79 Å². The molecule has 126 valence electrons. The normalized spacial score (nSPS) is 25.0. The van der Waals surface area contributed by atoms with E-state index < -0.39 is 23.4 Å². The summed E-state index contributed by atoms with van der Waals surface area (Å²) in [6.45, 7) is 3.57. The summed E-state index contributed by atoms with van der Waals surface area (Å²) in [4.78, 5) is 42.5. The zero-order valence-electron chi connectivity index (χ0n) is 13.6. The SMILES string of the molecule is CCOC(=O)OC1=C(NC)C2(CC1=O)C(=O)N=C1C(C)=CC=CN12. The van der Waals surface area contributed by atoms with E-state index in [4.69, 9.17) is 9.47 Å². The lowest BCUT2D eigenvalue weighted by atomic mass is 9.92. The van der Waals surface area contributed by atoms with Gasteiger partial charge in [0.05, 0.1) is 18.7 Å². The number of amidine groups is 1. The number of carbonyl (C=O) groups excluding carboxylic acids is 3. The Morgan fingerprint density at radius 2 is 2.21 bits per heavy atom. The van der Waals surface area contributed by atoms with Crippen molar-refractivity contribution in [1.82, 2.24) is 10.2 Å². The van der Waals surface area contributed by atoms with Gasteiger partial charge in [-0.2, -0.15) is 4.99 Å². The number of nitrogens with zero attached hydrogens (tertiary/aromatic N) is 2. The molecule has 0 aromatic carbocycles. The molecule has 1 aliphatic carbocycles. The number of aliphatic imine (C=N–C) groups is 1. The number of rotatable bonds is 3. The van der Waals surface area contributed by atoms with Crippen molar-refractivity contribution in [3.8, 4) is 0 Å². The number of nitrogens with one attached hydrogen (secondary N) is 1. The Hall–Kier alpha value is -2.90. The predicted octanol–water partition coefficient (Wildman–Crippen LogP) is 1.02. The van der Waals surface area contributed by atoms with Crippen LogP contribution in [0.2, 0.25) is 0 Å². The highest BCUT2D eigenvalue weighted by molar-refractivity contribution is 6.19. The number of allylic oxidation sites excluding steroid dienone is 3. The van der Waals surface area contributed by atoms with Gasteiger partial charge in [0.25, 0.3) is 5.91 Å². The third-order valence-corrected chi connectivity index (χ3v) is 4.14. The second kappa shape index (κ2) is 5.63. The van der Waals surface area contributed by atoms with Gasteiger partial charge in [0.2, 0.25) is 5.78 Å². The molecule has 1 unspecified atom stereocenters. The molecule has 1 N–H and O–H groups in total. The van der Waals surface area contributed by atoms with E-state index in [0.717, 1.165) is 5.57 Å². The summed E-state index contributed by atoms with van der Waals surface area (Å²) in [7, 11) is 1.56. The second-order valence-electron chi connectivity index (χ2n) is 5.50. The maximum absolute atomic E-state index is 12.7. The maximum Gasteiger partial charge on any atom is 0.514 e. The quantitative estimate of drug-likeness (QED) is 0.771. The molecule has 0 fully saturated rings. The number of hydrogen-bond donors (Lipinski definition) is 1.